The van der Waals surface area contributed by atoms with E-state index in [0.29, 0.717) is 5.92 Å². The topological polar surface area (TPSA) is 52.0 Å². The van der Waals surface area contributed by atoms with Gasteiger partial charge in [0.05, 0.1) is 0 Å². The van der Waals surface area contributed by atoms with Crippen LogP contribution in [-0.4, -0.2) is 11.6 Å². The molecule has 0 aromatic rings. The number of allylic oxidation sites excluding steroid dienone is 1. The molecule has 0 aliphatic rings. The second kappa shape index (κ2) is 4.77. The van der Waals surface area contributed by atoms with E-state index in [1.807, 2.05) is 6.92 Å². The van der Waals surface area contributed by atoms with Crippen molar-refractivity contribution in [3.05, 3.63) is 11.6 Å². The van der Waals surface area contributed by atoms with Gasteiger partial charge in [0, 0.05) is 11.6 Å². The highest BCUT2D eigenvalue weighted by Gasteiger charge is 2.30. The minimum atomic E-state index is -0.274. The quantitative estimate of drug-likeness (QED) is 0.657. The Bertz CT molecular complexity index is 181. The molecule has 0 radical (unpaired) electrons. The van der Waals surface area contributed by atoms with Gasteiger partial charge in [0.1, 0.15) is 0 Å². The van der Waals surface area contributed by atoms with Crippen LogP contribution in [0.3, 0.4) is 0 Å². The molecule has 0 bridgehead atoms. The SMILES string of the molecule is CC/C=C(\C)C(C)(N)[C@@H](C)C(C)N. The molecule has 2 heteroatoms. The Kier molecular flexibility index (Phi) is 4.65. The molecule has 0 spiro atoms. The molecule has 0 fully saturated rings. The number of nitrogens with two attached hydrogens (primary N) is 2. The van der Waals surface area contributed by atoms with Gasteiger partial charge in [-0.15, -0.1) is 0 Å². The van der Waals surface area contributed by atoms with E-state index in [-0.39, 0.29) is 11.6 Å². The molecule has 0 aliphatic heterocycles. The molecule has 0 heterocycles. The normalized spacial score (nSPS) is 22.2. The third-order valence-corrected chi connectivity index (χ3v) is 3.09. The lowest BCUT2D eigenvalue weighted by Crippen LogP contribution is -2.50. The van der Waals surface area contributed by atoms with E-state index < -0.39 is 0 Å². The van der Waals surface area contributed by atoms with Gasteiger partial charge in [0.2, 0.25) is 0 Å². The van der Waals surface area contributed by atoms with E-state index in [1.165, 1.54) is 5.57 Å². The second-order valence-corrected chi connectivity index (χ2v) is 4.23. The van der Waals surface area contributed by atoms with E-state index >= 15 is 0 Å². The van der Waals surface area contributed by atoms with Crippen LogP contribution >= 0.6 is 0 Å². The highest BCUT2D eigenvalue weighted by atomic mass is 14.8. The third kappa shape index (κ3) is 3.12. The maximum atomic E-state index is 6.24. The van der Waals surface area contributed by atoms with Gasteiger partial charge < -0.3 is 11.5 Å². The van der Waals surface area contributed by atoms with Crippen molar-refractivity contribution in [2.45, 2.75) is 52.6 Å². The Hall–Kier alpha value is -0.340. The molecule has 2 nitrogen and oxygen atoms in total. The van der Waals surface area contributed by atoms with Crippen molar-refractivity contribution in [1.82, 2.24) is 0 Å². The number of hydrogen-bond acceptors (Lipinski definition) is 2. The highest BCUT2D eigenvalue weighted by Crippen LogP contribution is 2.24. The summed E-state index contributed by atoms with van der Waals surface area (Å²) >= 11 is 0. The number of rotatable bonds is 4. The van der Waals surface area contributed by atoms with Crippen LogP contribution < -0.4 is 11.5 Å². The summed E-state index contributed by atoms with van der Waals surface area (Å²) in [5.41, 5.74) is 13.1. The summed E-state index contributed by atoms with van der Waals surface area (Å²) in [5, 5.41) is 0. The van der Waals surface area contributed by atoms with Crippen LogP contribution in [0.25, 0.3) is 0 Å². The first kappa shape index (κ1) is 12.7. The van der Waals surface area contributed by atoms with E-state index in [9.17, 15) is 0 Å². The van der Waals surface area contributed by atoms with E-state index in [1.54, 1.807) is 0 Å². The van der Waals surface area contributed by atoms with Crippen molar-refractivity contribution in [2.75, 3.05) is 0 Å². The summed E-state index contributed by atoms with van der Waals surface area (Å²) in [6.07, 6.45) is 3.21. The van der Waals surface area contributed by atoms with Crippen LogP contribution in [-0.2, 0) is 0 Å². The summed E-state index contributed by atoms with van der Waals surface area (Å²) in [6, 6.07) is 0.134. The van der Waals surface area contributed by atoms with E-state index in [2.05, 4.69) is 33.8 Å². The van der Waals surface area contributed by atoms with Gasteiger partial charge in [-0.05, 0) is 33.1 Å². The van der Waals surface area contributed by atoms with Crippen LogP contribution in [0.1, 0.15) is 41.0 Å². The average Bonchev–Trinajstić information content (AvgIpc) is 2.03. The van der Waals surface area contributed by atoms with E-state index in [0.717, 1.165) is 6.42 Å². The molecule has 0 saturated heterocycles. The van der Waals surface area contributed by atoms with Crippen molar-refractivity contribution in [2.24, 2.45) is 17.4 Å². The lowest BCUT2D eigenvalue weighted by Gasteiger charge is -2.35. The maximum absolute atomic E-state index is 6.24. The molecule has 0 aliphatic carbocycles. The monoisotopic (exact) mass is 184 g/mol. The van der Waals surface area contributed by atoms with Gasteiger partial charge in [-0.1, -0.05) is 25.5 Å². The fourth-order valence-corrected chi connectivity index (χ4v) is 1.43. The zero-order chi connectivity index (χ0) is 10.6. The van der Waals surface area contributed by atoms with Gasteiger partial charge in [-0.25, -0.2) is 0 Å². The van der Waals surface area contributed by atoms with Crippen LogP contribution in [0.2, 0.25) is 0 Å². The first-order valence-electron chi connectivity index (χ1n) is 5.05. The molecule has 0 aromatic heterocycles. The molecule has 13 heavy (non-hydrogen) atoms. The maximum Gasteiger partial charge on any atom is 0.0378 e. The average molecular weight is 184 g/mol. The summed E-state index contributed by atoms with van der Waals surface area (Å²) in [6.45, 7) is 10.4. The fourth-order valence-electron chi connectivity index (χ4n) is 1.43. The highest BCUT2D eigenvalue weighted by molar-refractivity contribution is 5.17. The minimum absolute atomic E-state index is 0.134. The Labute approximate surface area is 82.4 Å². The van der Waals surface area contributed by atoms with Crippen LogP contribution in [0, 0.1) is 5.92 Å². The summed E-state index contributed by atoms with van der Waals surface area (Å²) < 4.78 is 0. The van der Waals surface area contributed by atoms with Crippen molar-refractivity contribution < 1.29 is 0 Å². The van der Waals surface area contributed by atoms with Gasteiger partial charge in [-0.2, -0.15) is 0 Å². The zero-order valence-electron chi connectivity index (χ0n) is 9.59. The molecule has 0 aromatic carbocycles. The Morgan fingerprint density at radius 3 is 2.23 bits per heavy atom. The number of hydrogen-bond donors (Lipinski definition) is 2. The molecular weight excluding hydrogens is 160 g/mol. The predicted octanol–water partition coefficient (Wildman–Crippen LogP) is 2.04. The second-order valence-electron chi connectivity index (χ2n) is 4.23. The lowest BCUT2D eigenvalue weighted by atomic mass is 9.78. The molecule has 2 unspecified atom stereocenters. The Morgan fingerprint density at radius 1 is 1.46 bits per heavy atom. The molecular formula is C11H24N2. The molecule has 4 N–H and O–H groups in total. The van der Waals surface area contributed by atoms with Gasteiger partial charge >= 0.3 is 0 Å². The third-order valence-electron chi connectivity index (χ3n) is 3.09. The van der Waals surface area contributed by atoms with Crippen molar-refractivity contribution >= 4 is 0 Å². The Balaban J connectivity index is 4.64. The predicted molar refractivity (Wildman–Crippen MR) is 59.5 cm³/mol. The molecule has 78 valence electrons. The molecule has 3 atom stereocenters. The Morgan fingerprint density at radius 2 is 1.92 bits per heavy atom. The van der Waals surface area contributed by atoms with Gasteiger partial charge in [-0.3, -0.25) is 0 Å². The largest absolute Gasteiger partial charge is 0.328 e. The van der Waals surface area contributed by atoms with E-state index in [4.69, 9.17) is 11.5 Å². The van der Waals surface area contributed by atoms with Crippen LogP contribution in [0.5, 0.6) is 0 Å². The van der Waals surface area contributed by atoms with Crippen molar-refractivity contribution in [3.63, 3.8) is 0 Å². The van der Waals surface area contributed by atoms with Crippen molar-refractivity contribution in [1.29, 1.82) is 0 Å². The van der Waals surface area contributed by atoms with Crippen LogP contribution in [0.15, 0.2) is 11.6 Å². The molecule has 0 amide bonds. The molecule has 0 rings (SSSR count). The van der Waals surface area contributed by atoms with Gasteiger partial charge in [0.25, 0.3) is 0 Å². The first-order valence-corrected chi connectivity index (χ1v) is 5.05. The van der Waals surface area contributed by atoms with Gasteiger partial charge in [0.15, 0.2) is 0 Å². The standard InChI is InChI=1S/C11H24N2/c1-6-7-8(2)11(5,13)9(3)10(4)12/h7,9-10H,6,12-13H2,1-5H3/b8-7+/t9-,10?,11?/m0/s1. The lowest BCUT2D eigenvalue weighted by molar-refractivity contribution is 0.322. The molecule has 0 saturated carbocycles. The summed E-state index contributed by atoms with van der Waals surface area (Å²) in [5.74, 6) is 0.301. The summed E-state index contributed by atoms with van der Waals surface area (Å²) in [7, 11) is 0. The summed E-state index contributed by atoms with van der Waals surface area (Å²) in [4.78, 5) is 0. The smallest absolute Gasteiger partial charge is 0.0378 e. The first-order chi connectivity index (χ1) is 5.84. The fraction of sp³-hybridized carbons (Fsp3) is 0.818. The minimum Gasteiger partial charge on any atom is -0.328 e. The van der Waals surface area contributed by atoms with Crippen LogP contribution in [0.4, 0.5) is 0 Å². The van der Waals surface area contributed by atoms with Crippen molar-refractivity contribution in [3.8, 4) is 0 Å². The zero-order valence-corrected chi connectivity index (χ0v) is 9.59.